The van der Waals surface area contributed by atoms with Crippen LogP contribution in [-0.4, -0.2) is 18.1 Å². The van der Waals surface area contributed by atoms with E-state index in [1.54, 1.807) is 0 Å². The van der Waals surface area contributed by atoms with Gasteiger partial charge in [0.15, 0.2) is 0 Å². The number of hydrogen-bond donors (Lipinski definition) is 1. The van der Waals surface area contributed by atoms with Gasteiger partial charge in [-0.2, -0.15) is 0 Å². The largest absolute Gasteiger partial charge is 0.329 e. The average molecular weight is 503 g/mol. The molecule has 0 aromatic rings. The van der Waals surface area contributed by atoms with Crippen LogP contribution in [-0.2, 0) is 9.05 Å². The molecule has 0 rings (SSSR count). The minimum absolute atomic E-state index is 0.637. The topological polar surface area (TPSA) is 38.7 Å². The summed E-state index contributed by atoms with van der Waals surface area (Å²) in [5, 5.41) is 0. The molecule has 1 N–H and O–H groups in total. The van der Waals surface area contributed by atoms with Crippen molar-refractivity contribution in [1.29, 1.82) is 0 Å². The van der Waals surface area contributed by atoms with Crippen molar-refractivity contribution in [3.05, 3.63) is 0 Å². The lowest BCUT2D eigenvalue weighted by molar-refractivity contribution is 0.193. The first-order valence-corrected chi connectivity index (χ1v) is 16.7. The molecule has 0 radical (unpaired) electrons. The van der Waals surface area contributed by atoms with Gasteiger partial charge in [0.05, 0.1) is 13.2 Å². The highest BCUT2D eigenvalue weighted by molar-refractivity contribution is 7.40. The van der Waals surface area contributed by atoms with Gasteiger partial charge in [-0.05, 0) is 12.8 Å². The van der Waals surface area contributed by atoms with E-state index in [1.165, 1.54) is 154 Å². The van der Waals surface area contributed by atoms with Gasteiger partial charge in [0.25, 0.3) is 0 Å². The Hall–Kier alpha value is 0.310. The molecule has 0 amide bonds. The van der Waals surface area contributed by atoms with Crippen molar-refractivity contribution in [2.75, 3.05) is 13.2 Å². The van der Waals surface area contributed by atoms with E-state index in [0.29, 0.717) is 13.2 Å². The summed E-state index contributed by atoms with van der Waals surface area (Å²) in [4.78, 5) is 9.84. The molecule has 0 aromatic carbocycles. The smallest absolute Gasteiger partial charge is 0.328 e. The number of hydrogen-bond acceptors (Lipinski definition) is 3. The average Bonchev–Trinajstić information content (AvgIpc) is 2.84. The van der Waals surface area contributed by atoms with E-state index in [0.717, 1.165) is 12.8 Å². The molecule has 0 saturated heterocycles. The molecule has 0 aliphatic heterocycles. The van der Waals surface area contributed by atoms with Crippen molar-refractivity contribution in [2.45, 2.75) is 181 Å². The first-order valence-electron chi connectivity index (χ1n) is 15.6. The lowest BCUT2D eigenvalue weighted by Gasteiger charge is -2.10. The van der Waals surface area contributed by atoms with E-state index < -0.39 is 8.60 Å². The highest BCUT2D eigenvalue weighted by Crippen LogP contribution is 2.33. The van der Waals surface area contributed by atoms with Gasteiger partial charge in [0.2, 0.25) is 0 Å². The second-order valence-corrected chi connectivity index (χ2v) is 11.4. The van der Waals surface area contributed by atoms with Crippen LogP contribution in [0.1, 0.15) is 181 Å². The van der Waals surface area contributed by atoms with Crippen molar-refractivity contribution < 1.29 is 13.9 Å². The predicted octanol–water partition coefficient (Wildman–Crippen LogP) is 11.4. The third kappa shape index (κ3) is 30.3. The molecule has 3 nitrogen and oxygen atoms in total. The first kappa shape index (κ1) is 34.3. The molecule has 0 bridgehead atoms. The van der Waals surface area contributed by atoms with Crippen molar-refractivity contribution in [3.63, 3.8) is 0 Å². The van der Waals surface area contributed by atoms with E-state index in [2.05, 4.69) is 13.8 Å². The summed E-state index contributed by atoms with van der Waals surface area (Å²) in [5.41, 5.74) is 0. The van der Waals surface area contributed by atoms with Crippen LogP contribution in [0.25, 0.3) is 0 Å². The van der Waals surface area contributed by atoms with Gasteiger partial charge in [-0.15, -0.1) is 0 Å². The van der Waals surface area contributed by atoms with Gasteiger partial charge < -0.3 is 13.9 Å². The molecule has 206 valence electrons. The molecular weight excluding hydrogens is 439 g/mol. The van der Waals surface area contributed by atoms with Gasteiger partial charge in [-0.25, -0.2) is 0 Å². The minimum Gasteiger partial charge on any atom is -0.328 e. The second-order valence-electron chi connectivity index (χ2n) is 10.4. The van der Waals surface area contributed by atoms with E-state index >= 15 is 0 Å². The zero-order valence-corrected chi connectivity index (χ0v) is 24.4. The van der Waals surface area contributed by atoms with Gasteiger partial charge in [0.1, 0.15) is 0 Å². The number of unbranched alkanes of at least 4 members (excludes halogenated alkanes) is 24. The summed E-state index contributed by atoms with van der Waals surface area (Å²) in [6, 6.07) is 0. The van der Waals surface area contributed by atoms with Crippen molar-refractivity contribution in [1.82, 2.24) is 0 Å². The molecule has 0 spiro atoms. The Labute approximate surface area is 216 Å². The van der Waals surface area contributed by atoms with Crippen LogP contribution in [0.5, 0.6) is 0 Å². The van der Waals surface area contributed by atoms with Gasteiger partial charge in [0, 0.05) is 0 Å². The Morgan fingerprint density at radius 2 is 0.559 bits per heavy atom. The van der Waals surface area contributed by atoms with Crippen molar-refractivity contribution in [3.8, 4) is 0 Å². The van der Waals surface area contributed by atoms with Crippen LogP contribution in [0, 0.1) is 0 Å². The summed E-state index contributed by atoms with van der Waals surface area (Å²) in [6.07, 6.45) is 35.2. The summed E-state index contributed by atoms with van der Waals surface area (Å²) in [7, 11) is -1.66. The standard InChI is InChI=1S/C30H63O3P/c1-3-5-7-9-11-13-15-16-17-18-19-20-22-24-26-28-30-33-34(31)32-29-27-25-23-21-14-12-10-8-6-4-2/h31H,3-30H2,1-2H3. The third-order valence-corrected chi connectivity index (χ3v) is 7.71. The molecule has 0 aliphatic rings. The zero-order chi connectivity index (χ0) is 24.8. The predicted molar refractivity (Wildman–Crippen MR) is 152 cm³/mol. The van der Waals surface area contributed by atoms with Crippen LogP contribution in [0.3, 0.4) is 0 Å². The Morgan fingerprint density at radius 1 is 0.353 bits per heavy atom. The van der Waals surface area contributed by atoms with Crippen LogP contribution in [0.4, 0.5) is 0 Å². The maximum absolute atomic E-state index is 9.84. The lowest BCUT2D eigenvalue weighted by Crippen LogP contribution is -1.95. The minimum atomic E-state index is -1.66. The van der Waals surface area contributed by atoms with Crippen molar-refractivity contribution >= 4 is 8.60 Å². The lowest BCUT2D eigenvalue weighted by atomic mass is 10.0. The molecule has 0 fully saturated rings. The summed E-state index contributed by atoms with van der Waals surface area (Å²) in [6.45, 7) is 5.83. The Balaban J connectivity index is 3.12. The molecule has 34 heavy (non-hydrogen) atoms. The van der Waals surface area contributed by atoms with E-state index in [1.807, 2.05) is 0 Å². The summed E-state index contributed by atoms with van der Waals surface area (Å²) >= 11 is 0. The SMILES string of the molecule is CCCCCCCCCCCCCCCCCCOP(O)OCCCCCCCCCCCC. The molecule has 0 saturated carbocycles. The molecular formula is C30H63O3P. The summed E-state index contributed by atoms with van der Waals surface area (Å²) < 4.78 is 10.9. The molecule has 0 aromatic heterocycles. The highest BCUT2D eigenvalue weighted by Gasteiger charge is 2.06. The van der Waals surface area contributed by atoms with Crippen LogP contribution >= 0.6 is 8.60 Å². The Bertz CT molecular complexity index is 354. The normalized spacial score (nSPS) is 12.4. The molecule has 1 atom stereocenters. The fraction of sp³-hybridized carbons (Fsp3) is 1.00. The Kier molecular flexibility index (Phi) is 31.6. The number of rotatable bonds is 30. The molecule has 1 unspecified atom stereocenters. The fourth-order valence-corrected chi connectivity index (χ4v) is 5.21. The van der Waals surface area contributed by atoms with E-state index in [4.69, 9.17) is 9.05 Å². The maximum atomic E-state index is 9.84. The second kappa shape index (κ2) is 31.3. The van der Waals surface area contributed by atoms with Gasteiger partial charge in [-0.1, -0.05) is 168 Å². The van der Waals surface area contributed by atoms with Crippen LogP contribution in [0.2, 0.25) is 0 Å². The fourth-order valence-electron chi connectivity index (χ4n) is 4.56. The first-order chi connectivity index (χ1) is 16.8. The van der Waals surface area contributed by atoms with Crippen LogP contribution in [0.15, 0.2) is 0 Å². The highest BCUT2D eigenvalue weighted by atomic mass is 31.2. The third-order valence-electron chi connectivity index (χ3n) is 6.90. The van der Waals surface area contributed by atoms with E-state index in [9.17, 15) is 4.89 Å². The Morgan fingerprint density at radius 3 is 0.794 bits per heavy atom. The molecule has 0 heterocycles. The maximum Gasteiger partial charge on any atom is 0.329 e. The van der Waals surface area contributed by atoms with Crippen molar-refractivity contribution in [2.24, 2.45) is 0 Å². The summed E-state index contributed by atoms with van der Waals surface area (Å²) in [5.74, 6) is 0. The van der Waals surface area contributed by atoms with Crippen LogP contribution < -0.4 is 0 Å². The monoisotopic (exact) mass is 502 g/mol. The molecule has 4 heteroatoms. The van der Waals surface area contributed by atoms with Gasteiger partial charge >= 0.3 is 8.60 Å². The van der Waals surface area contributed by atoms with Gasteiger partial charge in [-0.3, -0.25) is 0 Å². The molecule has 0 aliphatic carbocycles. The quantitative estimate of drug-likeness (QED) is 0.0784. The zero-order valence-electron chi connectivity index (χ0n) is 23.5. The van der Waals surface area contributed by atoms with E-state index in [-0.39, 0.29) is 0 Å².